The summed E-state index contributed by atoms with van der Waals surface area (Å²) in [5.41, 5.74) is 0. The highest BCUT2D eigenvalue weighted by atomic mass is 35.5. The second-order valence-corrected chi connectivity index (χ2v) is 4.46. The Balaban J connectivity index is 1.85. The SMILES string of the molecule is Cc1nccn1CCN1CCCC1CCl. The molecule has 2 heterocycles. The zero-order valence-corrected chi connectivity index (χ0v) is 9.95. The molecular formula is C11H18ClN3. The van der Waals surface area contributed by atoms with Crippen LogP contribution in [0.5, 0.6) is 0 Å². The van der Waals surface area contributed by atoms with Crippen LogP contribution in [0.2, 0.25) is 0 Å². The van der Waals surface area contributed by atoms with Gasteiger partial charge in [-0.1, -0.05) is 0 Å². The minimum Gasteiger partial charge on any atom is -0.334 e. The zero-order chi connectivity index (χ0) is 10.7. The summed E-state index contributed by atoms with van der Waals surface area (Å²) in [4.78, 5) is 6.71. The average Bonchev–Trinajstić information content (AvgIpc) is 2.83. The molecule has 84 valence electrons. The third kappa shape index (κ3) is 2.52. The molecule has 0 radical (unpaired) electrons. The van der Waals surface area contributed by atoms with Gasteiger partial charge in [0.25, 0.3) is 0 Å². The van der Waals surface area contributed by atoms with Crippen molar-refractivity contribution in [3.8, 4) is 0 Å². The molecule has 1 saturated heterocycles. The Labute approximate surface area is 96.0 Å². The molecule has 0 saturated carbocycles. The first-order valence-electron chi connectivity index (χ1n) is 5.59. The fourth-order valence-corrected chi connectivity index (χ4v) is 2.59. The molecule has 0 bridgehead atoms. The van der Waals surface area contributed by atoms with Crippen molar-refractivity contribution in [3.63, 3.8) is 0 Å². The van der Waals surface area contributed by atoms with Crippen LogP contribution >= 0.6 is 11.6 Å². The number of hydrogen-bond donors (Lipinski definition) is 0. The number of aromatic nitrogens is 2. The van der Waals surface area contributed by atoms with Crippen LogP contribution in [0, 0.1) is 6.92 Å². The van der Waals surface area contributed by atoms with Gasteiger partial charge in [0.05, 0.1) is 0 Å². The van der Waals surface area contributed by atoms with Crippen LogP contribution < -0.4 is 0 Å². The van der Waals surface area contributed by atoms with E-state index in [-0.39, 0.29) is 0 Å². The minimum absolute atomic E-state index is 0.593. The van der Waals surface area contributed by atoms with E-state index in [0.717, 1.165) is 24.8 Å². The number of halogens is 1. The lowest BCUT2D eigenvalue weighted by atomic mass is 10.2. The van der Waals surface area contributed by atoms with E-state index in [0.29, 0.717) is 6.04 Å². The molecule has 15 heavy (non-hydrogen) atoms. The lowest BCUT2D eigenvalue weighted by molar-refractivity contribution is 0.259. The van der Waals surface area contributed by atoms with Crippen molar-refractivity contribution >= 4 is 11.6 Å². The molecule has 0 N–H and O–H groups in total. The Morgan fingerprint density at radius 1 is 1.53 bits per heavy atom. The first-order valence-corrected chi connectivity index (χ1v) is 6.12. The monoisotopic (exact) mass is 227 g/mol. The Morgan fingerprint density at radius 3 is 3.07 bits per heavy atom. The Kier molecular flexibility index (Phi) is 3.65. The maximum atomic E-state index is 5.93. The van der Waals surface area contributed by atoms with Crippen molar-refractivity contribution in [1.29, 1.82) is 0 Å². The molecule has 0 spiro atoms. The van der Waals surface area contributed by atoms with Crippen LogP contribution in [0.15, 0.2) is 12.4 Å². The van der Waals surface area contributed by atoms with Crippen molar-refractivity contribution in [2.75, 3.05) is 19.0 Å². The van der Waals surface area contributed by atoms with E-state index >= 15 is 0 Å². The predicted molar refractivity (Wildman–Crippen MR) is 62.3 cm³/mol. The van der Waals surface area contributed by atoms with E-state index in [1.807, 2.05) is 19.3 Å². The van der Waals surface area contributed by atoms with Crippen molar-refractivity contribution in [1.82, 2.24) is 14.5 Å². The lowest BCUT2D eigenvalue weighted by Crippen LogP contribution is -2.33. The second-order valence-electron chi connectivity index (χ2n) is 4.15. The largest absolute Gasteiger partial charge is 0.334 e. The topological polar surface area (TPSA) is 21.1 Å². The molecule has 1 aliphatic heterocycles. The molecule has 1 fully saturated rings. The summed E-state index contributed by atoms with van der Waals surface area (Å²) in [7, 11) is 0. The highest BCUT2D eigenvalue weighted by Gasteiger charge is 2.22. The minimum atomic E-state index is 0.593. The van der Waals surface area contributed by atoms with Crippen molar-refractivity contribution in [3.05, 3.63) is 18.2 Å². The van der Waals surface area contributed by atoms with E-state index in [1.165, 1.54) is 19.4 Å². The number of aryl methyl sites for hydroxylation is 1. The lowest BCUT2D eigenvalue weighted by Gasteiger charge is -2.22. The molecule has 1 aromatic heterocycles. The van der Waals surface area contributed by atoms with Crippen LogP contribution in [0.25, 0.3) is 0 Å². The number of rotatable bonds is 4. The fourth-order valence-electron chi connectivity index (χ4n) is 2.24. The number of nitrogens with zero attached hydrogens (tertiary/aromatic N) is 3. The van der Waals surface area contributed by atoms with Gasteiger partial charge in [-0.15, -0.1) is 11.6 Å². The molecule has 2 rings (SSSR count). The van der Waals surface area contributed by atoms with Gasteiger partial charge in [-0.2, -0.15) is 0 Å². The summed E-state index contributed by atoms with van der Waals surface area (Å²) in [6.45, 7) is 5.36. The zero-order valence-electron chi connectivity index (χ0n) is 9.19. The van der Waals surface area contributed by atoms with E-state index in [2.05, 4.69) is 14.5 Å². The van der Waals surface area contributed by atoms with Crippen LogP contribution in [-0.4, -0.2) is 39.5 Å². The van der Waals surface area contributed by atoms with Crippen LogP contribution in [0.1, 0.15) is 18.7 Å². The van der Waals surface area contributed by atoms with E-state index in [1.54, 1.807) is 0 Å². The fraction of sp³-hybridized carbons (Fsp3) is 0.727. The number of imidazole rings is 1. The van der Waals surface area contributed by atoms with E-state index in [9.17, 15) is 0 Å². The van der Waals surface area contributed by atoms with Gasteiger partial charge < -0.3 is 4.57 Å². The maximum absolute atomic E-state index is 5.93. The highest BCUT2D eigenvalue weighted by Crippen LogP contribution is 2.17. The number of likely N-dealkylation sites (tertiary alicyclic amines) is 1. The first-order chi connectivity index (χ1) is 7.31. The summed E-state index contributed by atoms with van der Waals surface area (Å²) in [5, 5.41) is 0. The van der Waals surface area contributed by atoms with Crippen LogP contribution in [0.4, 0.5) is 0 Å². The summed E-state index contributed by atoms with van der Waals surface area (Å²) < 4.78 is 2.20. The van der Waals surface area contributed by atoms with Crippen molar-refractivity contribution < 1.29 is 0 Å². The van der Waals surface area contributed by atoms with Gasteiger partial charge in [-0.05, 0) is 26.3 Å². The molecular weight excluding hydrogens is 210 g/mol. The molecule has 0 amide bonds. The Bertz CT molecular complexity index is 311. The Hall–Kier alpha value is -0.540. The third-order valence-corrected chi connectivity index (χ3v) is 3.59. The van der Waals surface area contributed by atoms with Crippen molar-refractivity contribution in [2.24, 2.45) is 0 Å². The highest BCUT2D eigenvalue weighted by molar-refractivity contribution is 6.18. The predicted octanol–water partition coefficient (Wildman–Crippen LogP) is 1.89. The quantitative estimate of drug-likeness (QED) is 0.733. The van der Waals surface area contributed by atoms with Gasteiger partial charge in [-0.3, -0.25) is 4.90 Å². The molecule has 0 aliphatic carbocycles. The molecule has 1 atom stereocenters. The second kappa shape index (κ2) is 4.99. The van der Waals surface area contributed by atoms with Crippen LogP contribution in [-0.2, 0) is 6.54 Å². The molecule has 4 heteroatoms. The van der Waals surface area contributed by atoms with Crippen molar-refractivity contribution in [2.45, 2.75) is 32.4 Å². The van der Waals surface area contributed by atoms with E-state index in [4.69, 9.17) is 11.6 Å². The number of alkyl halides is 1. The smallest absolute Gasteiger partial charge is 0.105 e. The summed E-state index contributed by atoms with van der Waals surface area (Å²) in [6.07, 6.45) is 6.45. The van der Waals surface area contributed by atoms with E-state index < -0.39 is 0 Å². The molecule has 1 aromatic rings. The van der Waals surface area contributed by atoms with Gasteiger partial charge in [-0.25, -0.2) is 4.98 Å². The third-order valence-electron chi connectivity index (χ3n) is 3.23. The molecule has 3 nitrogen and oxygen atoms in total. The van der Waals surface area contributed by atoms with Gasteiger partial charge >= 0.3 is 0 Å². The summed E-state index contributed by atoms with van der Waals surface area (Å²) in [5.74, 6) is 1.86. The first kappa shape index (κ1) is 11.0. The molecule has 1 aliphatic rings. The summed E-state index contributed by atoms with van der Waals surface area (Å²) in [6, 6.07) is 0.593. The van der Waals surface area contributed by atoms with Gasteiger partial charge in [0.1, 0.15) is 5.82 Å². The standard InChI is InChI=1S/C11H18ClN3/c1-10-13-4-6-14(10)7-8-15-5-2-3-11(15)9-12/h4,6,11H,2-3,5,7-9H2,1H3. The summed E-state index contributed by atoms with van der Waals surface area (Å²) >= 11 is 5.93. The molecule has 0 aromatic carbocycles. The normalized spacial score (nSPS) is 22.4. The van der Waals surface area contributed by atoms with Gasteiger partial charge in [0.2, 0.25) is 0 Å². The molecule has 1 unspecified atom stereocenters. The van der Waals surface area contributed by atoms with Gasteiger partial charge in [0.15, 0.2) is 0 Å². The van der Waals surface area contributed by atoms with Gasteiger partial charge in [0, 0.05) is 37.4 Å². The Morgan fingerprint density at radius 2 is 2.40 bits per heavy atom. The van der Waals surface area contributed by atoms with Crippen LogP contribution in [0.3, 0.4) is 0 Å². The average molecular weight is 228 g/mol. The number of hydrogen-bond acceptors (Lipinski definition) is 2. The maximum Gasteiger partial charge on any atom is 0.105 e.